The maximum Gasteiger partial charge on any atom is 0.194 e. The van der Waals surface area contributed by atoms with Gasteiger partial charge in [0, 0.05) is 26.3 Å². The van der Waals surface area contributed by atoms with Crippen molar-refractivity contribution in [3.05, 3.63) is 57.0 Å². The van der Waals surface area contributed by atoms with Crippen molar-refractivity contribution in [1.29, 1.82) is 0 Å². The molecule has 19 heavy (non-hydrogen) atoms. The molecule has 5 heteroatoms. The topological polar surface area (TPSA) is 52.3 Å². The summed E-state index contributed by atoms with van der Waals surface area (Å²) >= 11 is 9.26. The maximum absolute atomic E-state index is 12.4. The molecule has 2 aromatic carbocycles. The molecule has 0 aliphatic carbocycles. The molecule has 0 saturated carbocycles. The van der Waals surface area contributed by atoms with Gasteiger partial charge in [0.2, 0.25) is 0 Å². The highest BCUT2D eigenvalue weighted by Gasteiger charge is 2.14. The van der Waals surface area contributed by atoms with E-state index in [2.05, 4.69) is 15.9 Å². The number of halogens is 2. The van der Waals surface area contributed by atoms with Crippen LogP contribution in [0.1, 0.15) is 15.9 Å². The fraction of sp³-hybridized carbons (Fsp3) is 0.0714. The molecule has 0 aliphatic heterocycles. The summed E-state index contributed by atoms with van der Waals surface area (Å²) in [5, 5.41) is 0.438. The predicted molar refractivity (Wildman–Crippen MR) is 80.0 cm³/mol. The van der Waals surface area contributed by atoms with Crippen molar-refractivity contribution < 1.29 is 9.53 Å². The Morgan fingerprint density at radius 3 is 2.58 bits per heavy atom. The minimum absolute atomic E-state index is 0.149. The third kappa shape index (κ3) is 3.08. The van der Waals surface area contributed by atoms with Gasteiger partial charge in [-0.3, -0.25) is 4.79 Å². The minimum atomic E-state index is -0.149. The quantitative estimate of drug-likeness (QED) is 0.680. The number of ether oxygens (including phenoxy) is 1. The van der Waals surface area contributed by atoms with E-state index in [1.54, 1.807) is 43.5 Å². The summed E-state index contributed by atoms with van der Waals surface area (Å²) in [6, 6.07) is 9.96. The molecule has 0 bridgehead atoms. The standard InChI is InChI=1S/C14H11BrClNO2/c1-19-11-2-3-12(13(15)7-11)14(18)8-4-9(16)6-10(17)5-8/h2-7H,17H2,1H3. The third-order valence-corrected chi connectivity index (χ3v) is 3.48. The summed E-state index contributed by atoms with van der Waals surface area (Å²) in [7, 11) is 1.57. The highest BCUT2D eigenvalue weighted by atomic mass is 79.9. The highest BCUT2D eigenvalue weighted by Crippen LogP contribution is 2.26. The van der Waals surface area contributed by atoms with Crippen LogP contribution in [0.15, 0.2) is 40.9 Å². The number of carbonyl (C=O) groups is 1. The average Bonchev–Trinajstić information content (AvgIpc) is 2.36. The summed E-state index contributed by atoms with van der Waals surface area (Å²) < 4.78 is 5.75. The second-order valence-corrected chi connectivity index (χ2v) is 5.24. The molecule has 0 spiro atoms. The van der Waals surface area contributed by atoms with E-state index in [0.717, 1.165) is 0 Å². The average molecular weight is 341 g/mol. The number of hydrogen-bond acceptors (Lipinski definition) is 3. The number of anilines is 1. The molecule has 0 fully saturated rings. The Labute approximate surface area is 124 Å². The van der Waals surface area contributed by atoms with Crippen LogP contribution in [0.2, 0.25) is 5.02 Å². The number of ketones is 1. The molecule has 98 valence electrons. The van der Waals surface area contributed by atoms with Gasteiger partial charge in [-0.2, -0.15) is 0 Å². The van der Waals surface area contributed by atoms with Crippen molar-refractivity contribution in [3.8, 4) is 5.75 Å². The molecule has 2 rings (SSSR count). The molecule has 0 atom stereocenters. The molecule has 0 saturated heterocycles. The van der Waals surface area contributed by atoms with Crippen molar-refractivity contribution in [2.24, 2.45) is 0 Å². The fourth-order valence-corrected chi connectivity index (χ4v) is 2.49. The monoisotopic (exact) mass is 339 g/mol. The number of rotatable bonds is 3. The Hall–Kier alpha value is -1.52. The van der Waals surface area contributed by atoms with Crippen LogP contribution in [0.5, 0.6) is 5.75 Å². The van der Waals surface area contributed by atoms with E-state index in [1.165, 1.54) is 0 Å². The number of nitrogen functional groups attached to an aromatic ring is 1. The van der Waals surface area contributed by atoms with Gasteiger partial charge in [0.1, 0.15) is 5.75 Å². The van der Waals surface area contributed by atoms with Crippen molar-refractivity contribution >= 4 is 39.0 Å². The van der Waals surface area contributed by atoms with E-state index in [1.807, 2.05) is 0 Å². The second-order valence-electron chi connectivity index (χ2n) is 3.95. The van der Waals surface area contributed by atoms with E-state index >= 15 is 0 Å². The molecular formula is C14H11BrClNO2. The Morgan fingerprint density at radius 1 is 1.26 bits per heavy atom. The predicted octanol–water partition coefficient (Wildman–Crippen LogP) is 3.92. The third-order valence-electron chi connectivity index (χ3n) is 2.60. The maximum atomic E-state index is 12.4. The van der Waals surface area contributed by atoms with Gasteiger partial charge in [0.05, 0.1) is 7.11 Å². The first-order valence-corrected chi connectivity index (χ1v) is 6.62. The minimum Gasteiger partial charge on any atom is -0.497 e. The number of hydrogen-bond donors (Lipinski definition) is 1. The van der Waals surface area contributed by atoms with E-state index < -0.39 is 0 Å². The van der Waals surface area contributed by atoms with Crippen molar-refractivity contribution in [2.45, 2.75) is 0 Å². The SMILES string of the molecule is COc1ccc(C(=O)c2cc(N)cc(Cl)c2)c(Br)c1. The summed E-state index contributed by atoms with van der Waals surface area (Å²) in [6.45, 7) is 0. The molecule has 3 nitrogen and oxygen atoms in total. The zero-order valence-corrected chi connectivity index (χ0v) is 12.5. The summed E-state index contributed by atoms with van der Waals surface area (Å²) in [6.07, 6.45) is 0. The van der Waals surface area contributed by atoms with E-state index in [-0.39, 0.29) is 5.78 Å². The Balaban J connectivity index is 2.44. The van der Waals surface area contributed by atoms with Crippen LogP contribution in [0.3, 0.4) is 0 Å². The molecule has 0 amide bonds. The van der Waals surface area contributed by atoms with Crippen LogP contribution >= 0.6 is 27.5 Å². The van der Waals surface area contributed by atoms with Crippen molar-refractivity contribution in [3.63, 3.8) is 0 Å². The first-order valence-electron chi connectivity index (χ1n) is 5.45. The number of nitrogens with two attached hydrogens (primary N) is 1. The van der Waals surface area contributed by atoms with Crippen LogP contribution in [-0.4, -0.2) is 12.9 Å². The first kappa shape index (κ1) is 13.9. The number of methoxy groups -OCH3 is 1. The normalized spacial score (nSPS) is 10.3. The molecule has 0 heterocycles. The van der Waals surface area contributed by atoms with Gasteiger partial charge >= 0.3 is 0 Å². The zero-order chi connectivity index (χ0) is 14.0. The summed E-state index contributed by atoms with van der Waals surface area (Å²) in [5.41, 5.74) is 7.13. The lowest BCUT2D eigenvalue weighted by Crippen LogP contribution is -2.03. The van der Waals surface area contributed by atoms with Crippen LogP contribution in [0, 0.1) is 0 Å². The van der Waals surface area contributed by atoms with Crippen LogP contribution < -0.4 is 10.5 Å². The van der Waals surface area contributed by atoms with E-state index in [4.69, 9.17) is 22.1 Å². The number of benzene rings is 2. The van der Waals surface area contributed by atoms with Crippen LogP contribution in [-0.2, 0) is 0 Å². The van der Waals surface area contributed by atoms with Gasteiger partial charge in [0.15, 0.2) is 5.78 Å². The summed E-state index contributed by atoms with van der Waals surface area (Å²) in [4.78, 5) is 12.4. The van der Waals surface area contributed by atoms with Gasteiger partial charge < -0.3 is 10.5 Å². The molecule has 2 N–H and O–H groups in total. The van der Waals surface area contributed by atoms with Crippen LogP contribution in [0.25, 0.3) is 0 Å². The Morgan fingerprint density at radius 2 is 2.00 bits per heavy atom. The smallest absolute Gasteiger partial charge is 0.194 e. The molecular weight excluding hydrogens is 330 g/mol. The van der Waals surface area contributed by atoms with Gasteiger partial charge in [-0.15, -0.1) is 0 Å². The van der Waals surface area contributed by atoms with E-state index in [9.17, 15) is 4.79 Å². The highest BCUT2D eigenvalue weighted by molar-refractivity contribution is 9.10. The zero-order valence-electron chi connectivity index (χ0n) is 10.1. The molecule has 0 radical (unpaired) electrons. The second kappa shape index (κ2) is 5.63. The van der Waals surface area contributed by atoms with Crippen molar-refractivity contribution in [1.82, 2.24) is 0 Å². The van der Waals surface area contributed by atoms with Gasteiger partial charge in [-0.25, -0.2) is 0 Å². The fourth-order valence-electron chi connectivity index (χ4n) is 1.71. The van der Waals surface area contributed by atoms with Gasteiger partial charge in [-0.05, 0) is 52.3 Å². The lowest BCUT2D eigenvalue weighted by Gasteiger charge is -2.07. The summed E-state index contributed by atoms with van der Waals surface area (Å²) in [5.74, 6) is 0.526. The Kier molecular flexibility index (Phi) is 4.12. The van der Waals surface area contributed by atoms with Gasteiger partial charge in [-0.1, -0.05) is 11.6 Å². The molecule has 0 unspecified atom stereocenters. The number of carbonyl (C=O) groups excluding carboxylic acids is 1. The molecule has 2 aromatic rings. The van der Waals surface area contributed by atoms with Gasteiger partial charge in [0.25, 0.3) is 0 Å². The molecule has 0 aliphatic rings. The Bertz CT molecular complexity index is 623. The first-order chi connectivity index (χ1) is 9.01. The van der Waals surface area contributed by atoms with Crippen molar-refractivity contribution in [2.75, 3.05) is 12.8 Å². The van der Waals surface area contributed by atoms with E-state index in [0.29, 0.717) is 32.1 Å². The lowest BCUT2D eigenvalue weighted by molar-refractivity contribution is 0.103. The lowest BCUT2D eigenvalue weighted by atomic mass is 10.0. The molecule has 0 aromatic heterocycles. The largest absolute Gasteiger partial charge is 0.497 e. The van der Waals surface area contributed by atoms with Crippen LogP contribution in [0.4, 0.5) is 5.69 Å².